The minimum absolute atomic E-state index is 0.209. The molecule has 0 amide bonds. The summed E-state index contributed by atoms with van der Waals surface area (Å²) < 4.78 is 29.8. The number of thiophene rings is 1. The van der Waals surface area contributed by atoms with E-state index in [0.717, 1.165) is 29.9 Å². The molecule has 0 saturated heterocycles. The summed E-state index contributed by atoms with van der Waals surface area (Å²) in [5.41, 5.74) is 1.39. The Morgan fingerprint density at radius 2 is 2.10 bits per heavy atom. The molecule has 0 radical (unpaired) electrons. The van der Waals surface area contributed by atoms with Gasteiger partial charge in [0.25, 0.3) is 10.0 Å². The zero-order chi connectivity index (χ0) is 15.0. The van der Waals surface area contributed by atoms with Gasteiger partial charge in [0.15, 0.2) is 0 Å². The summed E-state index contributed by atoms with van der Waals surface area (Å²) in [6, 6.07) is 3.47. The highest BCUT2D eigenvalue weighted by Crippen LogP contribution is 2.33. The molecule has 0 bridgehead atoms. The number of hydrogen-bond acceptors (Lipinski definition) is 4. The van der Waals surface area contributed by atoms with Gasteiger partial charge in [-0.3, -0.25) is 9.40 Å². The maximum Gasteiger partial charge on any atom is 0.271 e. The van der Waals surface area contributed by atoms with E-state index in [1.807, 2.05) is 11.6 Å². The maximum atomic E-state index is 12.3. The summed E-state index contributed by atoms with van der Waals surface area (Å²) in [6.07, 6.45) is 6.21. The van der Waals surface area contributed by atoms with Crippen molar-refractivity contribution >= 4 is 38.6 Å². The molecule has 8 heteroatoms. The molecule has 2 aromatic rings. The molecule has 1 aliphatic carbocycles. The van der Waals surface area contributed by atoms with E-state index in [1.165, 1.54) is 18.9 Å². The maximum absolute atomic E-state index is 12.3. The molecule has 21 heavy (non-hydrogen) atoms. The van der Waals surface area contributed by atoms with Crippen LogP contribution in [0, 0.1) is 6.92 Å². The molecule has 0 atom stereocenters. The fraction of sp³-hybridized carbons (Fsp3) is 0.462. The Labute approximate surface area is 133 Å². The molecule has 5 nitrogen and oxygen atoms in total. The summed E-state index contributed by atoms with van der Waals surface area (Å²) in [5.74, 6) is 0. The molecule has 0 aromatic carbocycles. The average molecular weight is 346 g/mol. The van der Waals surface area contributed by atoms with Crippen molar-refractivity contribution in [2.24, 2.45) is 0 Å². The molecule has 0 spiro atoms. The summed E-state index contributed by atoms with van der Waals surface area (Å²) >= 11 is 6.84. The Morgan fingerprint density at radius 3 is 2.71 bits per heavy atom. The lowest BCUT2D eigenvalue weighted by molar-refractivity contribution is 0.457. The Morgan fingerprint density at radius 1 is 1.38 bits per heavy atom. The highest BCUT2D eigenvalue weighted by atomic mass is 35.5. The second-order valence-corrected chi connectivity index (χ2v) is 8.81. The quantitative estimate of drug-likeness (QED) is 0.916. The zero-order valence-electron chi connectivity index (χ0n) is 11.5. The molecular weight excluding hydrogens is 330 g/mol. The van der Waals surface area contributed by atoms with Gasteiger partial charge in [-0.15, -0.1) is 11.3 Å². The molecule has 2 aromatic heterocycles. The largest absolute Gasteiger partial charge is 0.275 e. The van der Waals surface area contributed by atoms with Crippen LogP contribution in [-0.4, -0.2) is 18.2 Å². The number of sulfonamides is 1. The number of halogens is 1. The number of nitrogens with zero attached hydrogens (tertiary/aromatic N) is 2. The van der Waals surface area contributed by atoms with Crippen LogP contribution in [0.4, 0.5) is 5.69 Å². The van der Waals surface area contributed by atoms with E-state index in [9.17, 15) is 8.42 Å². The van der Waals surface area contributed by atoms with Crippen LogP contribution < -0.4 is 4.72 Å². The van der Waals surface area contributed by atoms with Gasteiger partial charge in [0.1, 0.15) is 4.21 Å². The van der Waals surface area contributed by atoms with Crippen molar-refractivity contribution in [2.45, 2.75) is 42.9 Å². The van der Waals surface area contributed by atoms with E-state index in [1.54, 1.807) is 12.3 Å². The molecule has 1 N–H and O–H groups in total. The first-order chi connectivity index (χ1) is 9.97. The lowest BCUT2D eigenvalue weighted by atomic mass is 10.2. The van der Waals surface area contributed by atoms with Gasteiger partial charge in [-0.05, 0) is 31.9 Å². The van der Waals surface area contributed by atoms with Crippen molar-refractivity contribution in [1.82, 2.24) is 9.78 Å². The van der Waals surface area contributed by atoms with E-state index in [4.69, 9.17) is 11.6 Å². The van der Waals surface area contributed by atoms with Crippen LogP contribution in [0.5, 0.6) is 0 Å². The van der Waals surface area contributed by atoms with Gasteiger partial charge in [-0.25, -0.2) is 8.42 Å². The predicted octanol–water partition coefficient (Wildman–Crippen LogP) is 3.82. The zero-order valence-corrected chi connectivity index (χ0v) is 13.9. The number of hydrogen-bond donors (Lipinski definition) is 1. The van der Waals surface area contributed by atoms with Gasteiger partial charge in [0.05, 0.1) is 28.0 Å². The molecule has 1 fully saturated rings. The van der Waals surface area contributed by atoms with Crippen molar-refractivity contribution < 1.29 is 8.42 Å². The van der Waals surface area contributed by atoms with Gasteiger partial charge in [0, 0.05) is 0 Å². The second-order valence-electron chi connectivity index (χ2n) is 5.19. The molecule has 0 unspecified atom stereocenters. The first kappa shape index (κ1) is 14.9. The Kier molecular flexibility index (Phi) is 3.98. The van der Waals surface area contributed by atoms with Crippen LogP contribution in [-0.2, 0) is 10.0 Å². The third-order valence-electron chi connectivity index (χ3n) is 3.77. The first-order valence-electron chi connectivity index (χ1n) is 6.79. The van der Waals surface area contributed by atoms with Gasteiger partial charge in [-0.2, -0.15) is 5.10 Å². The third-order valence-corrected chi connectivity index (χ3v) is 6.86. The number of aromatic nitrogens is 2. The number of nitrogens with one attached hydrogen (secondary N) is 1. The minimum atomic E-state index is -3.59. The van der Waals surface area contributed by atoms with E-state index in [-0.39, 0.29) is 4.21 Å². The number of rotatable bonds is 4. The molecule has 114 valence electrons. The predicted molar refractivity (Wildman–Crippen MR) is 84.6 cm³/mol. The van der Waals surface area contributed by atoms with Crippen molar-refractivity contribution in [3.63, 3.8) is 0 Å². The van der Waals surface area contributed by atoms with E-state index in [2.05, 4.69) is 9.82 Å². The van der Waals surface area contributed by atoms with Crippen LogP contribution in [0.25, 0.3) is 0 Å². The van der Waals surface area contributed by atoms with Gasteiger partial charge in [0.2, 0.25) is 0 Å². The third kappa shape index (κ3) is 2.95. The van der Waals surface area contributed by atoms with Crippen molar-refractivity contribution in [2.75, 3.05) is 4.72 Å². The normalized spacial score (nSPS) is 16.5. The fourth-order valence-electron chi connectivity index (χ4n) is 2.68. The van der Waals surface area contributed by atoms with Crippen LogP contribution in [0.15, 0.2) is 22.5 Å². The van der Waals surface area contributed by atoms with Crippen molar-refractivity contribution in [3.8, 4) is 0 Å². The lowest BCUT2D eigenvalue weighted by Crippen LogP contribution is -2.13. The summed E-state index contributed by atoms with van der Waals surface area (Å²) in [6.45, 7) is 1.89. The summed E-state index contributed by atoms with van der Waals surface area (Å²) in [4.78, 5) is 0. The van der Waals surface area contributed by atoms with Crippen LogP contribution >= 0.6 is 22.9 Å². The van der Waals surface area contributed by atoms with Crippen LogP contribution in [0.1, 0.15) is 37.4 Å². The smallest absolute Gasteiger partial charge is 0.271 e. The van der Waals surface area contributed by atoms with Gasteiger partial charge >= 0.3 is 0 Å². The Hall–Kier alpha value is -1.05. The second kappa shape index (κ2) is 5.62. The first-order valence-corrected chi connectivity index (χ1v) is 9.47. The van der Waals surface area contributed by atoms with Crippen LogP contribution in [0.2, 0.25) is 4.34 Å². The summed E-state index contributed by atoms with van der Waals surface area (Å²) in [7, 11) is -3.59. The van der Waals surface area contributed by atoms with E-state index < -0.39 is 10.0 Å². The van der Waals surface area contributed by atoms with Gasteiger partial charge < -0.3 is 0 Å². The average Bonchev–Trinajstić information content (AvgIpc) is 3.12. The minimum Gasteiger partial charge on any atom is -0.275 e. The highest BCUT2D eigenvalue weighted by Gasteiger charge is 2.23. The molecule has 3 rings (SSSR count). The monoisotopic (exact) mass is 345 g/mol. The summed E-state index contributed by atoms with van der Waals surface area (Å²) in [5, 5.41) is 4.35. The van der Waals surface area contributed by atoms with Gasteiger partial charge in [-0.1, -0.05) is 24.4 Å². The molecule has 1 aliphatic rings. The Bertz CT molecular complexity index is 745. The lowest BCUT2D eigenvalue weighted by Gasteiger charge is -2.13. The SMILES string of the molecule is Cc1c(NS(=O)(=O)c2ccc(Cl)s2)cnn1C1CCCC1. The van der Waals surface area contributed by atoms with Crippen molar-refractivity contribution in [1.29, 1.82) is 0 Å². The fourth-order valence-corrected chi connectivity index (χ4v) is 5.26. The Balaban J connectivity index is 1.85. The van der Waals surface area contributed by atoms with Crippen LogP contribution in [0.3, 0.4) is 0 Å². The highest BCUT2D eigenvalue weighted by molar-refractivity contribution is 7.94. The molecule has 2 heterocycles. The molecular formula is C13H16ClN3O2S2. The van der Waals surface area contributed by atoms with E-state index in [0.29, 0.717) is 16.1 Å². The standard InChI is InChI=1S/C13H16ClN3O2S2/c1-9-11(8-15-17(9)10-4-2-3-5-10)16-21(18,19)13-7-6-12(14)20-13/h6-8,10,16H,2-5H2,1H3. The topological polar surface area (TPSA) is 64.0 Å². The van der Waals surface area contributed by atoms with Crippen molar-refractivity contribution in [3.05, 3.63) is 28.4 Å². The van der Waals surface area contributed by atoms with E-state index >= 15 is 0 Å². The number of anilines is 1. The molecule has 1 saturated carbocycles. The molecule has 0 aliphatic heterocycles.